The van der Waals surface area contributed by atoms with Gasteiger partial charge in [-0.05, 0) is 18.2 Å². The Morgan fingerprint density at radius 1 is 1.26 bits per heavy atom. The molecule has 9 heteroatoms. The van der Waals surface area contributed by atoms with Crippen LogP contribution in [0.3, 0.4) is 0 Å². The number of nitrogens with one attached hydrogen (secondary N) is 1. The van der Waals surface area contributed by atoms with Gasteiger partial charge in [0.15, 0.2) is 0 Å². The molecule has 1 aliphatic heterocycles. The molecule has 7 nitrogen and oxygen atoms in total. The summed E-state index contributed by atoms with van der Waals surface area (Å²) in [5.74, 6) is 0.194. The number of fused-ring (bicyclic) bond motifs is 1. The minimum Gasteiger partial charge on any atom is -0.495 e. The van der Waals surface area contributed by atoms with E-state index in [1.165, 1.54) is 14.2 Å². The van der Waals surface area contributed by atoms with Gasteiger partial charge in [-0.15, -0.1) is 11.3 Å². The van der Waals surface area contributed by atoms with Crippen LogP contribution in [-0.2, 0) is 16.0 Å². The molecule has 3 aromatic rings. The molecule has 31 heavy (non-hydrogen) atoms. The Kier molecular flexibility index (Phi) is 6.29. The Hall–Kier alpha value is -2.84. The van der Waals surface area contributed by atoms with Crippen molar-refractivity contribution in [1.29, 1.82) is 0 Å². The number of carbonyl (C=O) groups excluding carboxylic acids is 2. The molecule has 0 spiro atoms. The first-order chi connectivity index (χ1) is 15.0. The Morgan fingerprint density at radius 2 is 2.03 bits per heavy atom. The van der Waals surface area contributed by atoms with Gasteiger partial charge < -0.3 is 19.7 Å². The van der Waals surface area contributed by atoms with Crippen molar-refractivity contribution in [3.8, 4) is 11.5 Å². The summed E-state index contributed by atoms with van der Waals surface area (Å²) in [6, 6.07) is 11.2. The van der Waals surface area contributed by atoms with Crippen molar-refractivity contribution in [2.24, 2.45) is 5.92 Å². The number of nitrogens with zero attached hydrogens (tertiary/aromatic N) is 2. The molecule has 0 radical (unpaired) electrons. The minimum absolute atomic E-state index is 0.139. The molecule has 1 saturated heterocycles. The van der Waals surface area contributed by atoms with Crippen LogP contribution in [0.5, 0.6) is 11.5 Å². The lowest BCUT2D eigenvalue weighted by atomic mass is 10.1. The molecule has 162 valence electrons. The van der Waals surface area contributed by atoms with Gasteiger partial charge in [0.25, 0.3) is 0 Å². The number of benzene rings is 2. The molecule has 0 bridgehead atoms. The molecule has 2 heterocycles. The molecule has 1 fully saturated rings. The molecule has 0 aliphatic carbocycles. The second kappa shape index (κ2) is 9.11. The molecule has 1 aromatic heterocycles. The Labute approximate surface area is 188 Å². The standard InChI is InChI=1S/C22H22ClN3O4S/c1-29-17-11-18(30-2)16(10-14(17)23)26-12-13(9-21(26)27)22(28)24-8-7-20-25-15-5-3-4-6-19(15)31-20/h3-6,10-11,13H,7-9,12H2,1-2H3,(H,24,28). The Bertz CT molecular complexity index is 1100. The third kappa shape index (κ3) is 4.45. The predicted octanol–water partition coefficient (Wildman–Crippen LogP) is 3.68. The number of thiazole rings is 1. The van der Waals surface area contributed by atoms with E-state index in [1.807, 2.05) is 24.3 Å². The first-order valence-electron chi connectivity index (χ1n) is 9.84. The largest absolute Gasteiger partial charge is 0.495 e. The highest BCUT2D eigenvalue weighted by molar-refractivity contribution is 7.18. The van der Waals surface area contributed by atoms with E-state index < -0.39 is 5.92 Å². The average Bonchev–Trinajstić information content (AvgIpc) is 3.36. The highest BCUT2D eigenvalue weighted by atomic mass is 35.5. The van der Waals surface area contributed by atoms with Gasteiger partial charge in [-0.3, -0.25) is 9.59 Å². The van der Waals surface area contributed by atoms with E-state index in [4.69, 9.17) is 21.1 Å². The van der Waals surface area contributed by atoms with Crippen molar-refractivity contribution in [3.05, 3.63) is 46.4 Å². The van der Waals surface area contributed by atoms with E-state index in [2.05, 4.69) is 10.3 Å². The zero-order valence-corrected chi connectivity index (χ0v) is 18.8. The van der Waals surface area contributed by atoms with Gasteiger partial charge in [0.2, 0.25) is 11.8 Å². The van der Waals surface area contributed by atoms with Gasteiger partial charge in [-0.1, -0.05) is 23.7 Å². The Balaban J connectivity index is 1.38. The van der Waals surface area contributed by atoms with Crippen molar-refractivity contribution < 1.29 is 19.1 Å². The first kappa shape index (κ1) is 21.4. The van der Waals surface area contributed by atoms with E-state index >= 15 is 0 Å². The number of aromatic nitrogens is 1. The van der Waals surface area contributed by atoms with E-state index in [0.29, 0.717) is 35.2 Å². The number of hydrogen-bond acceptors (Lipinski definition) is 6. The van der Waals surface area contributed by atoms with Gasteiger partial charge in [0.1, 0.15) is 11.5 Å². The van der Waals surface area contributed by atoms with Crippen LogP contribution in [0.1, 0.15) is 11.4 Å². The van der Waals surface area contributed by atoms with E-state index in [9.17, 15) is 9.59 Å². The molecule has 2 aromatic carbocycles. The van der Waals surface area contributed by atoms with Crippen molar-refractivity contribution in [2.45, 2.75) is 12.8 Å². The highest BCUT2D eigenvalue weighted by Crippen LogP contribution is 2.40. The molecule has 1 aliphatic rings. The summed E-state index contributed by atoms with van der Waals surface area (Å²) in [5, 5.41) is 4.29. The van der Waals surface area contributed by atoms with Gasteiger partial charge in [-0.25, -0.2) is 4.98 Å². The number of carbonyl (C=O) groups is 2. The summed E-state index contributed by atoms with van der Waals surface area (Å²) in [5.41, 5.74) is 1.50. The van der Waals surface area contributed by atoms with Crippen molar-refractivity contribution >= 4 is 50.7 Å². The number of rotatable bonds is 7. The molecule has 4 rings (SSSR count). The average molecular weight is 460 g/mol. The van der Waals surface area contributed by atoms with Crippen LogP contribution in [0.2, 0.25) is 5.02 Å². The second-order valence-corrected chi connectivity index (χ2v) is 8.70. The van der Waals surface area contributed by atoms with Crippen LogP contribution in [0, 0.1) is 5.92 Å². The molecule has 0 saturated carbocycles. The molecule has 1 unspecified atom stereocenters. The SMILES string of the molecule is COc1cc(OC)c(N2CC(C(=O)NCCc3nc4ccccc4s3)CC2=O)cc1Cl. The fraction of sp³-hybridized carbons (Fsp3) is 0.318. The number of amides is 2. The van der Waals surface area contributed by atoms with Crippen molar-refractivity contribution in [2.75, 3.05) is 32.2 Å². The van der Waals surface area contributed by atoms with Gasteiger partial charge >= 0.3 is 0 Å². The predicted molar refractivity (Wildman–Crippen MR) is 121 cm³/mol. The Morgan fingerprint density at radius 3 is 2.77 bits per heavy atom. The number of anilines is 1. The van der Waals surface area contributed by atoms with Crippen molar-refractivity contribution in [1.82, 2.24) is 10.3 Å². The maximum atomic E-state index is 12.7. The van der Waals surface area contributed by atoms with Gasteiger partial charge in [-0.2, -0.15) is 0 Å². The summed E-state index contributed by atoms with van der Waals surface area (Å²) in [6.45, 7) is 0.742. The normalized spacial score (nSPS) is 16.0. The zero-order valence-electron chi connectivity index (χ0n) is 17.2. The minimum atomic E-state index is -0.437. The lowest BCUT2D eigenvalue weighted by Gasteiger charge is -2.21. The zero-order chi connectivity index (χ0) is 22.0. The molecular formula is C22H22ClN3O4S. The third-order valence-electron chi connectivity index (χ3n) is 5.22. The molecule has 1 atom stereocenters. The fourth-order valence-corrected chi connectivity index (χ4v) is 4.84. The maximum absolute atomic E-state index is 12.7. The lowest BCUT2D eigenvalue weighted by Crippen LogP contribution is -2.34. The van der Waals surface area contributed by atoms with Crippen LogP contribution >= 0.6 is 22.9 Å². The molecule has 2 amide bonds. The third-order valence-corrected chi connectivity index (χ3v) is 6.61. The van der Waals surface area contributed by atoms with Crippen LogP contribution in [0.25, 0.3) is 10.2 Å². The quantitative estimate of drug-likeness (QED) is 0.583. The monoisotopic (exact) mass is 459 g/mol. The number of para-hydroxylation sites is 1. The molecular weight excluding hydrogens is 438 g/mol. The summed E-state index contributed by atoms with van der Waals surface area (Å²) >= 11 is 7.86. The van der Waals surface area contributed by atoms with Crippen LogP contribution in [0.15, 0.2) is 36.4 Å². The fourth-order valence-electron chi connectivity index (χ4n) is 3.63. The molecule has 1 N–H and O–H groups in total. The highest BCUT2D eigenvalue weighted by Gasteiger charge is 2.36. The smallest absolute Gasteiger partial charge is 0.227 e. The summed E-state index contributed by atoms with van der Waals surface area (Å²) in [6.07, 6.45) is 0.789. The number of ether oxygens (including phenoxy) is 2. The van der Waals surface area contributed by atoms with E-state index in [1.54, 1.807) is 28.4 Å². The van der Waals surface area contributed by atoms with E-state index in [-0.39, 0.29) is 24.8 Å². The first-order valence-corrected chi connectivity index (χ1v) is 11.0. The number of hydrogen-bond donors (Lipinski definition) is 1. The van der Waals surface area contributed by atoms with Crippen LogP contribution in [-0.4, -0.2) is 44.1 Å². The lowest BCUT2D eigenvalue weighted by molar-refractivity contribution is -0.126. The maximum Gasteiger partial charge on any atom is 0.227 e. The second-order valence-electron chi connectivity index (χ2n) is 7.18. The number of halogens is 1. The summed E-state index contributed by atoms with van der Waals surface area (Å²) < 4.78 is 11.7. The van der Waals surface area contributed by atoms with E-state index in [0.717, 1.165) is 15.2 Å². The van der Waals surface area contributed by atoms with Gasteiger partial charge in [0, 0.05) is 32.0 Å². The topological polar surface area (TPSA) is 80.8 Å². The van der Waals surface area contributed by atoms with Gasteiger partial charge in [0.05, 0.1) is 46.1 Å². The summed E-state index contributed by atoms with van der Waals surface area (Å²) in [7, 11) is 3.02. The van der Waals surface area contributed by atoms with Crippen LogP contribution in [0.4, 0.5) is 5.69 Å². The van der Waals surface area contributed by atoms with Crippen LogP contribution < -0.4 is 19.7 Å². The summed E-state index contributed by atoms with van der Waals surface area (Å²) in [4.78, 5) is 31.4. The van der Waals surface area contributed by atoms with Crippen molar-refractivity contribution in [3.63, 3.8) is 0 Å². The number of methoxy groups -OCH3 is 2.